The van der Waals surface area contributed by atoms with Gasteiger partial charge in [-0.3, -0.25) is 38.9 Å². The predicted molar refractivity (Wildman–Crippen MR) is 232 cm³/mol. The molecule has 16 heteroatoms. The highest BCUT2D eigenvalue weighted by Gasteiger charge is 2.51. The normalized spacial score (nSPS) is 20.7. The van der Waals surface area contributed by atoms with E-state index in [2.05, 4.69) is 0 Å². The molecule has 2 aliphatic rings. The number of ether oxygens (including phenoxy) is 5. The van der Waals surface area contributed by atoms with E-state index in [1.165, 1.54) is 4.90 Å². The minimum Gasteiger partial charge on any atom is -0.459 e. The molecule has 2 aromatic carbocycles. The third-order valence-electron chi connectivity index (χ3n) is 9.95. The molecule has 0 radical (unpaired) electrons. The maximum Gasteiger partial charge on any atom is 0.410 e. The first-order chi connectivity index (χ1) is 29.0. The third kappa shape index (κ3) is 17.6. The first kappa shape index (κ1) is 50.0. The van der Waals surface area contributed by atoms with Crippen LogP contribution in [0, 0.1) is 0 Å². The Kier molecular flexibility index (Phi) is 18.3. The monoisotopic (exact) mass is 867 g/mol. The van der Waals surface area contributed by atoms with E-state index >= 15 is 0 Å². The molecule has 0 saturated carbocycles. The predicted octanol–water partition coefficient (Wildman–Crippen LogP) is 3.73. The van der Waals surface area contributed by atoms with Crippen LogP contribution in [-0.4, -0.2) is 173 Å². The maximum absolute atomic E-state index is 14.3. The van der Waals surface area contributed by atoms with Gasteiger partial charge in [0.1, 0.15) is 30.0 Å². The van der Waals surface area contributed by atoms with Crippen molar-refractivity contribution in [3.63, 3.8) is 0 Å². The van der Waals surface area contributed by atoms with E-state index in [-0.39, 0.29) is 65.6 Å². The van der Waals surface area contributed by atoms with Gasteiger partial charge in [0.2, 0.25) is 0 Å². The first-order valence-electron chi connectivity index (χ1n) is 21.5. The summed E-state index contributed by atoms with van der Waals surface area (Å²) in [5.41, 5.74) is -0.644. The second kappa shape index (κ2) is 22.7. The highest BCUT2D eigenvalue weighted by Crippen LogP contribution is 2.27. The summed E-state index contributed by atoms with van der Waals surface area (Å²) in [6.07, 6.45) is -1.99. The molecule has 2 saturated heterocycles. The van der Waals surface area contributed by atoms with Gasteiger partial charge < -0.3 is 28.8 Å². The van der Waals surface area contributed by atoms with Gasteiger partial charge in [0.25, 0.3) is 0 Å². The SMILES string of the molecule is CC(C)(C)OC(=O)CN1CCN(CC(=O)OC(C)(C)C)CCN([C@H]2[C@@H](C(=O)OCc3ccccc3)N(C(=O)OCc3ccccc3)C[C@@H]2O)CCN(CC(=O)OC(C)(C)C)CC1. The minimum absolute atomic E-state index is 0.0127. The summed E-state index contributed by atoms with van der Waals surface area (Å²) in [5, 5.41) is 11.9. The van der Waals surface area contributed by atoms with Crippen LogP contribution in [0.25, 0.3) is 0 Å². The molecule has 0 spiro atoms. The number of aliphatic hydroxyl groups excluding tert-OH is 1. The summed E-state index contributed by atoms with van der Waals surface area (Å²) < 4.78 is 28.6. The quantitative estimate of drug-likeness (QED) is 0.242. The number of hydrogen-bond acceptors (Lipinski definition) is 15. The lowest BCUT2D eigenvalue weighted by atomic mass is 10.0. The molecule has 1 amide bonds. The molecule has 16 nitrogen and oxygen atoms in total. The molecule has 2 fully saturated rings. The van der Waals surface area contributed by atoms with Crippen molar-refractivity contribution >= 4 is 30.0 Å². The molecule has 2 aromatic rings. The van der Waals surface area contributed by atoms with Gasteiger partial charge in [0.15, 0.2) is 6.04 Å². The first-order valence-corrected chi connectivity index (χ1v) is 21.5. The van der Waals surface area contributed by atoms with E-state index < -0.39 is 65.0 Å². The number of rotatable bonds is 12. The minimum atomic E-state index is -1.27. The number of benzene rings is 2. The summed E-state index contributed by atoms with van der Waals surface area (Å²) in [5.74, 6) is -1.99. The zero-order chi connectivity index (χ0) is 45.7. The van der Waals surface area contributed by atoms with E-state index in [1.807, 2.05) is 80.3 Å². The summed E-state index contributed by atoms with van der Waals surface area (Å²) in [4.78, 5) is 76.8. The number of likely N-dealkylation sites (tertiary alicyclic amines) is 1. The number of β-amino-alcohol motifs (C(OH)–C–C–N with tert-alkyl or cyclic N) is 1. The van der Waals surface area contributed by atoms with E-state index in [9.17, 15) is 29.1 Å². The van der Waals surface area contributed by atoms with Crippen molar-refractivity contribution in [1.82, 2.24) is 24.5 Å². The molecule has 2 heterocycles. The Balaban J connectivity index is 1.69. The van der Waals surface area contributed by atoms with Crippen LogP contribution in [0.2, 0.25) is 0 Å². The van der Waals surface area contributed by atoms with E-state index in [1.54, 1.807) is 62.3 Å². The maximum atomic E-state index is 14.3. The lowest BCUT2D eigenvalue weighted by molar-refractivity contribution is -0.158. The molecule has 0 bridgehead atoms. The van der Waals surface area contributed by atoms with Crippen molar-refractivity contribution in [2.45, 2.75) is 111 Å². The van der Waals surface area contributed by atoms with Gasteiger partial charge >= 0.3 is 30.0 Å². The molecule has 3 atom stereocenters. The van der Waals surface area contributed by atoms with Crippen molar-refractivity contribution in [1.29, 1.82) is 0 Å². The lowest BCUT2D eigenvalue weighted by Gasteiger charge is -2.38. The smallest absolute Gasteiger partial charge is 0.410 e. The van der Waals surface area contributed by atoms with Crippen molar-refractivity contribution in [2.24, 2.45) is 0 Å². The fourth-order valence-corrected chi connectivity index (χ4v) is 7.33. The number of carbonyl (C=O) groups is 5. The van der Waals surface area contributed by atoms with Crippen LogP contribution in [0.5, 0.6) is 0 Å². The second-order valence-corrected chi connectivity index (χ2v) is 18.9. The van der Waals surface area contributed by atoms with Crippen LogP contribution < -0.4 is 0 Å². The van der Waals surface area contributed by atoms with Crippen molar-refractivity contribution in [2.75, 3.05) is 78.5 Å². The zero-order valence-electron chi connectivity index (χ0n) is 38.2. The van der Waals surface area contributed by atoms with Crippen molar-refractivity contribution < 1.29 is 52.8 Å². The zero-order valence-corrected chi connectivity index (χ0v) is 38.2. The fraction of sp³-hybridized carbons (Fsp3) is 0.630. The molecule has 62 heavy (non-hydrogen) atoms. The number of carbonyl (C=O) groups excluding carboxylic acids is 5. The van der Waals surface area contributed by atoms with Gasteiger partial charge in [-0.15, -0.1) is 0 Å². The number of amides is 1. The highest BCUT2D eigenvalue weighted by atomic mass is 16.6. The standard InChI is InChI=1S/C46H69N5O11/c1-44(2,3)60-37(53)29-47-20-22-48(30-38(54)61-45(4,5)6)24-26-50(27-25-49(23-21-47)31-39(55)62-46(7,8)9)40-36(52)28-51(43(57)59-33-35-18-14-11-15-19-35)41(40)42(56)58-32-34-16-12-10-13-17-34/h10-19,36,40-41,52H,20-33H2,1-9H3/t36-,40+,41-/m0/s1. The Morgan fingerprint density at radius 2 is 0.903 bits per heavy atom. The van der Waals surface area contributed by atoms with Crippen LogP contribution >= 0.6 is 0 Å². The molecule has 2 aliphatic heterocycles. The van der Waals surface area contributed by atoms with Gasteiger partial charge in [-0.2, -0.15) is 0 Å². The van der Waals surface area contributed by atoms with Crippen molar-refractivity contribution in [3.05, 3.63) is 71.8 Å². The lowest BCUT2D eigenvalue weighted by Crippen LogP contribution is -2.57. The van der Waals surface area contributed by atoms with Crippen LogP contribution in [0.3, 0.4) is 0 Å². The third-order valence-corrected chi connectivity index (χ3v) is 9.95. The molecule has 1 N–H and O–H groups in total. The Hall–Kier alpha value is -4.61. The molecule has 0 aliphatic carbocycles. The van der Waals surface area contributed by atoms with E-state index in [0.29, 0.717) is 26.2 Å². The van der Waals surface area contributed by atoms with Crippen LogP contribution in [-0.2, 0) is 56.1 Å². The fourth-order valence-electron chi connectivity index (χ4n) is 7.33. The number of aliphatic hydroxyl groups is 1. The van der Waals surface area contributed by atoms with Gasteiger partial charge in [0, 0.05) is 52.4 Å². The van der Waals surface area contributed by atoms with Crippen LogP contribution in [0.1, 0.15) is 73.4 Å². The van der Waals surface area contributed by atoms with Gasteiger partial charge in [-0.1, -0.05) is 60.7 Å². The average molecular weight is 868 g/mol. The molecular formula is C46H69N5O11. The van der Waals surface area contributed by atoms with E-state index in [0.717, 1.165) is 11.1 Å². The molecule has 0 aromatic heterocycles. The number of esters is 4. The topological polar surface area (TPSA) is 168 Å². The Morgan fingerprint density at radius 1 is 0.548 bits per heavy atom. The van der Waals surface area contributed by atoms with Crippen LogP contribution in [0.4, 0.5) is 4.79 Å². The summed E-state index contributed by atoms with van der Waals surface area (Å²) >= 11 is 0. The highest BCUT2D eigenvalue weighted by molar-refractivity contribution is 5.83. The average Bonchev–Trinajstić information content (AvgIpc) is 3.51. The Labute approximate surface area is 367 Å². The Bertz CT molecular complexity index is 1710. The Morgan fingerprint density at radius 3 is 1.27 bits per heavy atom. The van der Waals surface area contributed by atoms with Crippen LogP contribution in [0.15, 0.2) is 60.7 Å². The molecular weight excluding hydrogens is 799 g/mol. The largest absolute Gasteiger partial charge is 0.459 e. The number of hydrogen-bond donors (Lipinski definition) is 1. The van der Waals surface area contributed by atoms with Gasteiger partial charge in [-0.25, -0.2) is 9.59 Å². The summed E-state index contributed by atoms with van der Waals surface area (Å²) in [6, 6.07) is 16.1. The van der Waals surface area contributed by atoms with Gasteiger partial charge in [-0.05, 0) is 73.4 Å². The van der Waals surface area contributed by atoms with E-state index in [4.69, 9.17) is 23.7 Å². The number of nitrogens with zero attached hydrogens (tertiary/aromatic N) is 5. The summed E-state index contributed by atoms with van der Waals surface area (Å²) in [6.45, 7) is 18.2. The molecule has 0 unspecified atom stereocenters. The summed E-state index contributed by atoms with van der Waals surface area (Å²) in [7, 11) is 0. The molecule has 344 valence electrons. The van der Waals surface area contributed by atoms with Gasteiger partial charge in [0.05, 0.1) is 38.3 Å². The second-order valence-electron chi connectivity index (χ2n) is 18.9. The van der Waals surface area contributed by atoms with Crippen molar-refractivity contribution in [3.8, 4) is 0 Å². The molecule has 4 rings (SSSR count).